The lowest BCUT2D eigenvalue weighted by Crippen LogP contribution is -2.40. The van der Waals surface area contributed by atoms with Crippen molar-refractivity contribution in [2.45, 2.75) is 25.3 Å². The Morgan fingerprint density at radius 1 is 1.19 bits per heavy atom. The fraction of sp³-hybridized carbons (Fsp3) is 0.450. The Balaban J connectivity index is 1.45. The highest BCUT2D eigenvalue weighted by molar-refractivity contribution is 7.14. The van der Waals surface area contributed by atoms with E-state index in [0.717, 1.165) is 34.7 Å². The van der Waals surface area contributed by atoms with Crippen molar-refractivity contribution < 1.29 is 14.3 Å². The van der Waals surface area contributed by atoms with Gasteiger partial charge in [0, 0.05) is 36.9 Å². The summed E-state index contributed by atoms with van der Waals surface area (Å²) in [5.41, 5.74) is 0.933. The molecule has 4 heterocycles. The Morgan fingerprint density at radius 2 is 2.04 bits per heavy atom. The number of hydrogen-bond acceptors (Lipinski definition) is 5. The molecule has 2 aromatic heterocycles. The van der Waals surface area contributed by atoms with E-state index < -0.39 is 0 Å². The molecule has 1 unspecified atom stereocenters. The number of carbonyl (C=O) groups excluding carboxylic acids is 2. The quantitative estimate of drug-likeness (QED) is 0.811. The maximum absolute atomic E-state index is 12.8. The number of nitrogens with zero attached hydrogens (tertiary/aromatic N) is 3. The van der Waals surface area contributed by atoms with Crippen molar-refractivity contribution in [2.75, 3.05) is 32.8 Å². The molecule has 0 aliphatic carbocycles. The lowest BCUT2D eigenvalue weighted by molar-refractivity contribution is -0.131. The molecule has 0 spiro atoms. The Bertz CT molecular complexity index is 802. The van der Waals surface area contributed by atoms with Crippen molar-refractivity contribution in [1.29, 1.82) is 0 Å². The van der Waals surface area contributed by atoms with Gasteiger partial charge in [-0.2, -0.15) is 0 Å². The Labute approximate surface area is 162 Å². The SMILES string of the molecule is O=C(c1ccc(C2CCCN2C(=O)Cc2cccnc2)s1)N1CCOCC1. The predicted octanol–water partition coefficient (Wildman–Crippen LogP) is 2.52. The summed E-state index contributed by atoms with van der Waals surface area (Å²) in [5.74, 6) is 0.195. The normalized spacial score (nSPS) is 20.1. The van der Waals surface area contributed by atoms with Gasteiger partial charge in [0.2, 0.25) is 5.91 Å². The van der Waals surface area contributed by atoms with Gasteiger partial charge in [0.05, 0.1) is 30.6 Å². The minimum absolute atomic E-state index is 0.0702. The van der Waals surface area contributed by atoms with Gasteiger partial charge in [-0.1, -0.05) is 6.07 Å². The summed E-state index contributed by atoms with van der Waals surface area (Å²) in [6.45, 7) is 3.26. The summed E-state index contributed by atoms with van der Waals surface area (Å²) in [7, 11) is 0. The Morgan fingerprint density at radius 3 is 2.81 bits per heavy atom. The molecule has 2 aliphatic rings. The maximum Gasteiger partial charge on any atom is 0.264 e. The molecule has 142 valence electrons. The topological polar surface area (TPSA) is 62.7 Å². The molecule has 0 bridgehead atoms. The Hall–Kier alpha value is -2.25. The Kier molecular flexibility index (Phi) is 5.50. The number of pyridine rings is 1. The zero-order valence-corrected chi connectivity index (χ0v) is 16.0. The van der Waals surface area contributed by atoms with E-state index in [1.807, 2.05) is 34.1 Å². The molecular weight excluding hydrogens is 362 g/mol. The van der Waals surface area contributed by atoms with Crippen LogP contribution in [0.15, 0.2) is 36.7 Å². The molecule has 2 fully saturated rings. The molecule has 0 N–H and O–H groups in total. The molecule has 0 radical (unpaired) electrons. The van der Waals surface area contributed by atoms with E-state index in [9.17, 15) is 9.59 Å². The molecule has 27 heavy (non-hydrogen) atoms. The van der Waals surface area contributed by atoms with Gasteiger partial charge in [-0.15, -0.1) is 11.3 Å². The number of morpholine rings is 1. The van der Waals surface area contributed by atoms with E-state index in [1.54, 1.807) is 12.4 Å². The van der Waals surface area contributed by atoms with Crippen LogP contribution in [0, 0.1) is 0 Å². The summed E-state index contributed by atoms with van der Waals surface area (Å²) < 4.78 is 5.32. The van der Waals surface area contributed by atoms with Gasteiger partial charge in [0.25, 0.3) is 5.91 Å². The summed E-state index contributed by atoms with van der Waals surface area (Å²) in [6, 6.07) is 7.77. The zero-order chi connectivity index (χ0) is 18.6. The van der Waals surface area contributed by atoms with E-state index in [2.05, 4.69) is 4.98 Å². The molecule has 1 atom stereocenters. The number of hydrogen-bond donors (Lipinski definition) is 0. The van der Waals surface area contributed by atoms with Crippen molar-refractivity contribution in [3.63, 3.8) is 0 Å². The number of carbonyl (C=O) groups is 2. The molecule has 0 saturated carbocycles. The highest BCUT2D eigenvalue weighted by Gasteiger charge is 2.31. The maximum atomic E-state index is 12.8. The van der Waals surface area contributed by atoms with Gasteiger partial charge in [0.1, 0.15) is 0 Å². The minimum atomic E-state index is 0.0702. The molecule has 4 rings (SSSR count). The molecule has 2 aromatic rings. The van der Waals surface area contributed by atoms with E-state index in [-0.39, 0.29) is 17.9 Å². The zero-order valence-electron chi connectivity index (χ0n) is 15.2. The molecule has 7 heteroatoms. The third-order valence-electron chi connectivity index (χ3n) is 5.12. The summed E-state index contributed by atoms with van der Waals surface area (Å²) in [5, 5.41) is 0. The van der Waals surface area contributed by atoms with Gasteiger partial charge in [-0.05, 0) is 36.6 Å². The van der Waals surface area contributed by atoms with Crippen LogP contribution >= 0.6 is 11.3 Å². The minimum Gasteiger partial charge on any atom is -0.378 e. The first kappa shape index (κ1) is 18.1. The molecule has 2 saturated heterocycles. The largest absolute Gasteiger partial charge is 0.378 e. The van der Waals surface area contributed by atoms with E-state index in [4.69, 9.17) is 4.74 Å². The average molecular weight is 385 g/mol. The van der Waals surface area contributed by atoms with Crippen LogP contribution in [0.5, 0.6) is 0 Å². The second-order valence-corrected chi connectivity index (χ2v) is 8.01. The van der Waals surface area contributed by atoms with Gasteiger partial charge in [-0.25, -0.2) is 0 Å². The fourth-order valence-corrected chi connectivity index (χ4v) is 4.83. The van der Waals surface area contributed by atoms with Gasteiger partial charge >= 0.3 is 0 Å². The van der Waals surface area contributed by atoms with E-state index >= 15 is 0 Å². The standard InChI is InChI=1S/C20H23N3O3S/c24-19(13-15-3-1-7-21-14-15)23-8-2-4-16(23)17-5-6-18(27-17)20(25)22-9-11-26-12-10-22/h1,3,5-7,14,16H,2,4,8-13H2. The van der Waals surface area contributed by atoms with Gasteiger partial charge < -0.3 is 14.5 Å². The monoisotopic (exact) mass is 385 g/mol. The van der Waals surface area contributed by atoms with Crippen LogP contribution in [-0.2, 0) is 16.0 Å². The molecule has 6 nitrogen and oxygen atoms in total. The molecule has 2 amide bonds. The number of thiophene rings is 1. The number of likely N-dealkylation sites (tertiary alicyclic amines) is 1. The third kappa shape index (κ3) is 4.04. The van der Waals surface area contributed by atoms with Gasteiger partial charge in [-0.3, -0.25) is 14.6 Å². The van der Waals surface area contributed by atoms with Crippen molar-refractivity contribution in [3.05, 3.63) is 52.0 Å². The van der Waals surface area contributed by atoms with Crippen LogP contribution in [-0.4, -0.2) is 59.4 Å². The van der Waals surface area contributed by atoms with Crippen molar-refractivity contribution >= 4 is 23.2 Å². The second kappa shape index (κ2) is 8.19. The number of amides is 2. The van der Waals surface area contributed by atoms with E-state index in [1.165, 1.54) is 11.3 Å². The van der Waals surface area contributed by atoms with Crippen LogP contribution in [0.1, 0.15) is 39.0 Å². The van der Waals surface area contributed by atoms with Crippen LogP contribution in [0.2, 0.25) is 0 Å². The number of ether oxygens (including phenoxy) is 1. The lowest BCUT2D eigenvalue weighted by atomic mass is 10.1. The summed E-state index contributed by atoms with van der Waals surface area (Å²) in [6.07, 6.45) is 5.77. The predicted molar refractivity (Wildman–Crippen MR) is 103 cm³/mol. The molecule has 2 aliphatic heterocycles. The summed E-state index contributed by atoms with van der Waals surface area (Å²) in [4.78, 5) is 35.2. The number of aromatic nitrogens is 1. The fourth-order valence-electron chi connectivity index (χ4n) is 3.71. The summed E-state index contributed by atoms with van der Waals surface area (Å²) >= 11 is 1.52. The molecular formula is C20H23N3O3S. The molecule has 0 aromatic carbocycles. The van der Waals surface area contributed by atoms with E-state index in [0.29, 0.717) is 32.7 Å². The first-order chi connectivity index (χ1) is 13.2. The van der Waals surface area contributed by atoms with Crippen molar-refractivity contribution in [2.24, 2.45) is 0 Å². The van der Waals surface area contributed by atoms with Gasteiger partial charge in [0.15, 0.2) is 0 Å². The lowest BCUT2D eigenvalue weighted by Gasteiger charge is -2.26. The van der Waals surface area contributed by atoms with Crippen LogP contribution < -0.4 is 0 Å². The van der Waals surface area contributed by atoms with Crippen molar-refractivity contribution in [1.82, 2.24) is 14.8 Å². The first-order valence-electron chi connectivity index (χ1n) is 9.37. The van der Waals surface area contributed by atoms with Crippen LogP contribution in [0.3, 0.4) is 0 Å². The smallest absolute Gasteiger partial charge is 0.264 e. The first-order valence-corrected chi connectivity index (χ1v) is 10.2. The number of rotatable bonds is 4. The highest BCUT2D eigenvalue weighted by Crippen LogP contribution is 2.36. The average Bonchev–Trinajstić information content (AvgIpc) is 3.38. The van der Waals surface area contributed by atoms with Crippen molar-refractivity contribution in [3.8, 4) is 0 Å². The third-order valence-corrected chi connectivity index (χ3v) is 6.29. The van der Waals surface area contributed by atoms with Crippen LogP contribution in [0.25, 0.3) is 0 Å². The second-order valence-electron chi connectivity index (χ2n) is 6.89. The van der Waals surface area contributed by atoms with Crippen LogP contribution in [0.4, 0.5) is 0 Å². The highest BCUT2D eigenvalue weighted by atomic mass is 32.1.